The summed E-state index contributed by atoms with van der Waals surface area (Å²) in [7, 11) is 0. The van der Waals surface area contributed by atoms with Crippen LogP contribution in [0.15, 0.2) is 103 Å². The number of carbonyl (C=O) groups excluding carboxylic acids is 2. The Bertz CT molecular complexity index is 898. The molecule has 1 aliphatic heterocycles. The van der Waals surface area contributed by atoms with Crippen molar-refractivity contribution in [1.29, 1.82) is 0 Å². The Balaban J connectivity index is 2.12. The normalized spacial score (nSPS) is 14.7. The molecule has 3 aromatic rings. The van der Waals surface area contributed by atoms with Gasteiger partial charge in [0.2, 0.25) is 5.91 Å². The first kappa shape index (κ1) is 17.0. The minimum atomic E-state index is -1.04. The lowest BCUT2D eigenvalue weighted by molar-refractivity contribution is -0.142. The van der Waals surface area contributed by atoms with E-state index in [0.29, 0.717) is 5.57 Å². The zero-order valence-electron chi connectivity index (χ0n) is 14.8. The quantitative estimate of drug-likeness (QED) is 0.398. The first-order valence-corrected chi connectivity index (χ1v) is 8.87. The molecule has 0 atom stereocenters. The first-order valence-electron chi connectivity index (χ1n) is 8.87. The fraction of sp³-hybridized carbons (Fsp3) is 0.0833. The second kappa shape index (κ2) is 6.69. The molecule has 3 nitrogen and oxygen atoms in total. The fourth-order valence-electron chi connectivity index (χ4n) is 3.87. The number of imide groups is 1. The molecular weight excluding hydrogens is 334 g/mol. The van der Waals surface area contributed by atoms with Gasteiger partial charge in [-0.05, 0) is 16.7 Å². The maximum Gasteiger partial charge on any atom is 0.257 e. The molecule has 4 rings (SSSR count). The predicted octanol–water partition coefficient (Wildman–Crippen LogP) is 4.29. The number of hydrogen-bond acceptors (Lipinski definition) is 2. The molecule has 132 valence electrons. The lowest BCUT2D eigenvalue weighted by Crippen LogP contribution is -2.51. The van der Waals surface area contributed by atoms with Crippen molar-refractivity contribution in [2.45, 2.75) is 12.0 Å². The zero-order chi connectivity index (χ0) is 18.9. The Labute approximate surface area is 158 Å². The summed E-state index contributed by atoms with van der Waals surface area (Å²) in [4.78, 5) is 27.5. The van der Waals surface area contributed by atoms with E-state index < -0.39 is 5.54 Å². The predicted molar refractivity (Wildman–Crippen MR) is 105 cm³/mol. The van der Waals surface area contributed by atoms with Crippen molar-refractivity contribution >= 4 is 11.8 Å². The molecule has 2 amide bonds. The van der Waals surface area contributed by atoms with E-state index in [2.05, 4.69) is 6.58 Å². The maximum absolute atomic E-state index is 13.1. The van der Waals surface area contributed by atoms with E-state index in [4.69, 9.17) is 0 Å². The summed E-state index contributed by atoms with van der Waals surface area (Å²) in [6.45, 7) is 3.82. The van der Waals surface area contributed by atoms with Gasteiger partial charge in [-0.25, -0.2) is 0 Å². The van der Waals surface area contributed by atoms with Gasteiger partial charge in [0.15, 0.2) is 0 Å². The van der Waals surface area contributed by atoms with Gasteiger partial charge >= 0.3 is 0 Å². The monoisotopic (exact) mass is 353 g/mol. The molecule has 1 saturated heterocycles. The van der Waals surface area contributed by atoms with Crippen molar-refractivity contribution in [2.75, 3.05) is 0 Å². The molecule has 1 fully saturated rings. The molecule has 0 radical (unpaired) electrons. The van der Waals surface area contributed by atoms with Crippen LogP contribution >= 0.6 is 0 Å². The van der Waals surface area contributed by atoms with E-state index in [-0.39, 0.29) is 18.2 Å². The summed E-state index contributed by atoms with van der Waals surface area (Å²) >= 11 is 0. The molecule has 0 aliphatic carbocycles. The van der Waals surface area contributed by atoms with Gasteiger partial charge in [0.25, 0.3) is 5.91 Å². The summed E-state index contributed by atoms with van der Waals surface area (Å²) in [6.07, 6.45) is 0.0487. The highest BCUT2D eigenvalue weighted by Gasteiger charge is 2.51. The van der Waals surface area contributed by atoms with Crippen LogP contribution < -0.4 is 0 Å². The van der Waals surface area contributed by atoms with Crippen LogP contribution in [0.3, 0.4) is 0 Å². The maximum atomic E-state index is 13.1. The molecule has 0 N–H and O–H groups in total. The van der Waals surface area contributed by atoms with Gasteiger partial charge in [0.05, 0.1) is 6.42 Å². The molecule has 0 aromatic heterocycles. The molecule has 1 heterocycles. The number of amides is 2. The largest absolute Gasteiger partial charge is 0.274 e. The van der Waals surface area contributed by atoms with Crippen molar-refractivity contribution in [1.82, 2.24) is 4.90 Å². The summed E-state index contributed by atoms with van der Waals surface area (Å²) in [5.41, 5.74) is 1.86. The number of rotatable bonds is 4. The van der Waals surface area contributed by atoms with Gasteiger partial charge in [-0.2, -0.15) is 0 Å². The number of likely N-dealkylation sites (tertiary alicyclic amines) is 1. The Kier molecular flexibility index (Phi) is 4.21. The van der Waals surface area contributed by atoms with E-state index in [1.165, 1.54) is 4.90 Å². The summed E-state index contributed by atoms with van der Waals surface area (Å²) in [6, 6.07) is 29.1. The Morgan fingerprint density at radius 1 is 0.667 bits per heavy atom. The van der Waals surface area contributed by atoms with Crippen molar-refractivity contribution in [2.24, 2.45) is 0 Å². The Morgan fingerprint density at radius 2 is 1.04 bits per heavy atom. The van der Waals surface area contributed by atoms with E-state index in [0.717, 1.165) is 16.7 Å². The van der Waals surface area contributed by atoms with Crippen LogP contribution in [0.2, 0.25) is 0 Å². The third-order valence-electron chi connectivity index (χ3n) is 5.03. The van der Waals surface area contributed by atoms with Crippen molar-refractivity contribution in [3.63, 3.8) is 0 Å². The molecule has 3 aromatic carbocycles. The van der Waals surface area contributed by atoms with Crippen LogP contribution in [0, 0.1) is 0 Å². The third kappa shape index (κ3) is 2.59. The summed E-state index contributed by atoms with van der Waals surface area (Å²) in [5.74, 6) is -0.557. The van der Waals surface area contributed by atoms with Gasteiger partial charge in [-0.1, -0.05) is 97.6 Å². The van der Waals surface area contributed by atoms with Crippen LogP contribution in [-0.4, -0.2) is 16.7 Å². The van der Waals surface area contributed by atoms with Crippen LogP contribution in [-0.2, 0) is 15.1 Å². The van der Waals surface area contributed by atoms with Crippen molar-refractivity contribution in [3.05, 3.63) is 120 Å². The zero-order valence-corrected chi connectivity index (χ0v) is 14.8. The van der Waals surface area contributed by atoms with Gasteiger partial charge < -0.3 is 0 Å². The topological polar surface area (TPSA) is 37.4 Å². The lowest BCUT2D eigenvalue weighted by atomic mass is 9.75. The average Bonchev–Trinajstić information content (AvgIpc) is 2.98. The molecule has 0 spiro atoms. The Hall–Kier alpha value is -3.46. The smallest absolute Gasteiger partial charge is 0.257 e. The highest BCUT2D eigenvalue weighted by Crippen LogP contribution is 2.45. The highest BCUT2D eigenvalue weighted by atomic mass is 16.2. The minimum Gasteiger partial charge on any atom is -0.274 e. The molecule has 1 aliphatic rings. The SMILES string of the molecule is C=C1CC(=O)N(C(c2ccccc2)(c2ccccc2)c2ccccc2)C1=O. The van der Waals surface area contributed by atoms with Crippen LogP contribution in [0.4, 0.5) is 0 Å². The summed E-state index contributed by atoms with van der Waals surface area (Å²) < 4.78 is 0. The molecule has 0 saturated carbocycles. The number of benzene rings is 3. The highest BCUT2D eigenvalue weighted by molar-refractivity contribution is 6.14. The van der Waals surface area contributed by atoms with E-state index in [1.54, 1.807) is 0 Å². The first-order chi connectivity index (χ1) is 13.2. The van der Waals surface area contributed by atoms with E-state index >= 15 is 0 Å². The van der Waals surface area contributed by atoms with Crippen LogP contribution in [0.1, 0.15) is 23.1 Å². The van der Waals surface area contributed by atoms with Crippen LogP contribution in [0.5, 0.6) is 0 Å². The average molecular weight is 353 g/mol. The van der Waals surface area contributed by atoms with Crippen molar-refractivity contribution in [3.8, 4) is 0 Å². The lowest BCUT2D eigenvalue weighted by Gasteiger charge is -2.42. The van der Waals surface area contributed by atoms with Crippen LogP contribution in [0.25, 0.3) is 0 Å². The Morgan fingerprint density at radius 3 is 1.33 bits per heavy atom. The molecule has 0 bridgehead atoms. The van der Waals surface area contributed by atoms with E-state index in [9.17, 15) is 9.59 Å². The van der Waals surface area contributed by atoms with Crippen molar-refractivity contribution < 1.29 is 9.59 Å². The van der Waals surface area contributed by atoms with Gasteiger partial charge in [-0.3, -0.25) is 14.5 Å². The molecule has 27 heavy (non-hydrogen) atoms. The number of carbonyl (C=O) groups is 2. The third-order valence-corrected chi connectivity index (χ3v) is 5.03. The van der Waals surface area contributed by atoms with Gasteiger partial charge in [0, 0.05) is 5.57 Å². The fourth-order valence-corrected chi connectivity index (χ4v) is 3.87. The number of nitrogens with zero attached hydrogens (tertiary/aromatic N) is 1. The summed E-state index contributed by atoms with van der Waals surface area (Å²) in [5, 5.41) is 0. The standard InChI is InChI=1S/C24H19NO2/c1-18-17-22(26)25(23(18)27)24(19-11-5-2-6-12-19,20-13-7-3-8-14-20)21-15-9-4-10-16-21/h2-16H,1,17H2. The second-order valence-electron chi connectivity index (χ2n) is 6.62. The van der Waals surface area contributed by atoms with E-state index in [1.807, 2.05) is 91.0 Å². The number of hydrogen-bond donors (Lipinski definition) is 0. The van der Waals surface area contributed by atoms with Gasteiger partial charge in [0.1, 0.15) is 5.54 Å². The second-order valence-corrected chi connectivity index (χ2v) is 6.62. The molecular formula is C24H19NO2. The van der Waals surface area contributed by atoms with Gasteiger partial charge in [-0.15, -0.1) is 0 Å². The minimum absolute atomic E-state index is 0.0487. The molecule has 0 unspecified atom stereocenters. The molecule has 3 heteroatoms.